The fraction of sp³-hybridized carbons (Fsp3) is 0.278. The molecule has 1 aromatic carbocycles. The van der Waals surface area contributed by atoms with E-state index in [2.05, 4.69) is 11.9 Å². The lowest BCUT2D eigenvalue weighted by Crippen LogP contribution is -2.35. The molecule has 4 rings (SSSR count). The quantitative estimate of drug-likeness (QED) is 0.677. The van der Waals surface area contributed by atoms with Gasteiger partial charge in [-0.1, -0.05) is 6.92 Å². The third-order valence-electron chi connectivity index (χ3n) is 4.57. The Morgan fingerprint density at radius 1 is 1.40 bits per heavy atom. The van der Waals surface area contributed by atoms with Gasteiger partial charge in [-0.3, -0.25) is 14.0 Å². The van der Waals surface area contributed by atoms with Gasteiger partial charge in [0.1, 0.15) is 17.1 Å². The van der Waals surface area contributed by atoms with Gasteiger partial charge in [0.15, 0.2) is 17.9 Å². The third kappa shape index (κ3) is 2.26. The van der Waals surface area contributed by atoms with Gasteiger partial charge < -0.3 is 9.64 Å². The fourth-order valence-corrected chi connectivity index (χ4v) is 4.31. The Hall–Kier alpha value is -2.67. The number of carbonyl (C=O) groups excluding carboxylic acids is 2. The normalized spacial score (nSPS) is 13.9. The molecule has 0 atom stereocenters. The van der Waals surface area contributed by atoms with Gasteiger partial charge in [0.05, 0.1) is 5.69 Å². The lowest BCUT2D eigenvalue weighted by Gasteiger charge is -2.26. The van der Waals surface area contributed by atoms with Crippen LogP contribution >= 0.6 is 11.3 Å². The van der Waals surface area contributed by atoms with Crippen molar-refractivity contribution < 1.29 is 14.3 Å². The first-order valence-electron chi connectivity index (χ1n) is 8.04. The SMILES string of the molecule is CCc1c(C)sc2nc(-c3ccc4c(c3)N(C)C(=O)CO4)c(C=O)n12. The molecule has 3 aromatic rings. The van der Waals surface area contributed by atoms with E-state index in [-0.39, 0.29) is 12.5 Å². The number of hydrogen-bond donors (Lipinski definition) is 0. The van der Waals surface area contributed by atoms with Gasteiger partial charge in [-0.15, -0.1) is 11.3 Å². The first-order valence-corrected chi connectivity index (χ1v) is 8.86. The zero-order valence-corrected chi connectivity index (χ0v) is 15.0. The van der Waals surface area contributed by atoms with Gasteiger partial charge in [-0.2, -0.15) is 0 Å². The molecule has 3 heterocycles. The molecular weight excluding hydrogens is 338 g/mol. The van der Waals surface area contributed by atoms with E-state index in [9.17, 15) is 9.59 Å². The van der Waals surface area contributed by atoms with Crippen molar-refractivity contribution in [2.45, 2.75) is 20.3 Å². The van der Waals surface area contributed by atoms with Gasteiger partial charge in [-0.25, -0.2) is 4.98 Å². The summed E-state index contributed by atoms with van der Waals surface area (Å²) < 4.78 is 7.40. The van der Waals surface area contributed by atoms with E-state index >= 15 is 0 Å². The number of thiazole rings is 1. The Kier molecular flexibility index (Phi) is 3.61. The molecule has 0 N–H and O–H groups in total. The van der Waals surface area contributed by atoms with Crippen molar-refractivity contribution in [1.29, 1.82) is 0 Å². The number of nitrogens with zero attached hydrogens (tertiary/aromatic N) is 3. The summed E-state index contributed by atoms with van der Waals surface area (Å²) in [5.41, 5.74) is 3.76. The maximum atomic E-state index is 11.9. The first-order chi connectivity index (χ1) is 12.0. The molecule has 0 spiro atoms. The summed E-state index contributed by atoms with van der Waals surface area (Å²) in [6.07, 6.45) is 1.68. The van der Waals surface area contributed by atoms with E-state index in [1.165, 1.54) is 4.88 Å². The number of fused-ring (bicyclic) bond motifs is 2. The molecule has 0 bridgehead atoms. The Bertz CT molecular complexity index is 1020. The molecule has 0 unspecified atom stereocenters. The minimum atomic E-state index is -0.102. The summed E-state index contributed by atoms with van der Waals surface area (Å²) in [4.78, 5) is 31.9. The lowest BCUT2D eigenvalue weighted by molar-refractivity contribution is -0.120. The van der Waals surface area contributed by atoms with Crippen LogP contribution in [0.1, 0.15) is 28.0 Å². The molecule has 0 fully saturated rings. The number of ether oxygens (including phenoxy) is 1. The van der Waals surface area contributed by atoms with E-state index in [0.29, 0.717) is 22.8 Å². The summed E-state index contributed by atoms with van der Waals surface area (Å²) in [5.74, 6) is 0.555. The van der Waals surface area contributed by atoms with Crippen LogP contribution in [-0.2, 0) is 11.2 Å². The molecule has 2 aromatic heterocycles. The number of benzene rings is 1. The highest BCUT2D eigenvalue weighted by molar-refractivity contribution is 7.17. The lowest BCUT2D eigenvalue weighted by atomic mass is 10.1. The van der Waals surface area contributed by atoms with Gasteiger partial charge in [0.25, 0.3) is 5.91 Å². The molecule has 25 heavy (non-hydrogen) atoms. The number of imidazole rings is 1. The number of anilines is 1. The zero-order chi connectivity index (χ0) is 17.7. The molecule has 128 valence electrons. The maximum absolute atomic E-state index is 11.9. The zero-order valence-electron chi connectivity index (χ0n) is 14.2. The Balaban J connectivity index is 1.92. The second-order valence-electron chi connectivity index (χ2n) is 5.96. The number of aryl methyl sites for hydroxylation is 2. The monoisotopic (exact) mass is 355 g/mol. The second-order valence-corrected chi connectivity index (χ2v) is 7.15. The van der Waals surface area contributed by atoms with Crippen LogP contribution in [-0.4, -0.2) is 35.2 Å². The number of rotatable bonds is 3. The Labute approximate surface area is 148 Å². The van der Waals surface area contributed by atoms with E-state index in [0.717, 1.165) is 28.9 Å². The van der Waals surface area contributed by atoms with Crippen LogP contribution < -0.4 is 9.64 Å². The molecule has 7 heteroatoms. The van der Waals surface area contributed by atoms with Crippen molar-refractivity contribution in [3.8, 4) is 17.0 Å². The van der Waals surface area contributed by atoms with Crippen molar-refractivity contribution >= 4 is 34.2 Å². The van der Waals surface area contributed by atoms with Crippen LogP contribution in [0.5, 0.6) is 5.75 Å². The number of hydrogen-bond acceptors (Lipinski definition) is 5. The molecule has 0 saturated heterocycles. The highest BCUT2D eigenvalue weighted by Crippen LogP contribution is 2.37. The van der Waals surface area contributed by atoms with Crippen LogP contribution in [0.15, 0.2) is 18.2 Å². The predicted molar refractivity (Wildman–Crippen MR) is 96.9 cm³/mol. The van der Waals surface area contributed by atoms with E-state index in [1.807, 2.05) is 29.5 Å². The standard InChI is InChI=1S/C18H17N3O3S/c1-4-12-10(2)25-18-19-17(14(8-22)21(12)18)11-5-6-15-13(7-11)20(3)16(23)9-24-15/h5-8H,4,9H2,1-3H3. The van der Waals surface area contributed by atoms with Crippen molar-refractivity contribution in [2.24, 2.45) is 0 Å². The van der Waals surface area contributed by atoms with E-state index in [1.54, 1.807) is 23.3 Å². The molecule has 0 saturated carbocycles. The average Bonchev–Trinajstić information content (AvgIpc) is 3.11. The summed E-state index contributed by atoms with van der Waals surface area (Å²) in [6, 6.07) is 5.55. The van der Waals surface area contributed by atoms with Crippen molar-refractivity contribution in [1.82, 2.24) is 9.38 Å². The molecule has 1 aliphatic rings. The highest BCUT2D eigenvalue weighted by atomic mass is 32.1. The first kappa shape index (κ1) is 15.8. The van der Waals surface area contributed by atoms with E-state index < -0.39 is 0 Å². The molecule has 0 radical (unpaired) electrons. The van der Waals surface area contributed by atoms with Crippen molar-refractivity contribution in [3.63, 3.8) is 0 Å². The summed E-state index contributed by atoms with van der Waals surface area (Å²) >= 11 is 1.58. The summed E-state index contributed by atoms with van der Waals surface area (Å²) in [6.45, 7) is 4.16. The van der Waals surface area contributed by atoms with E-state index in [4.69, 9.17) is 4.74 Å². The maximum Gasteiger partial charge on any atom is 0.264 e. The van der Waals surface area contributed by atoms with Crippen molar-refractivity contribution in [2.75, 3.05) is 18.6 Å². The van der Waals surface area contributed by atoms with Gasteiger partial charge in [-0.05, 0) is 31.5 Å². The number of carbonyl (C=O) groups is 2. The number of aldehydes is 1. The number of amides is 1. The number of likely N-dealkylation sites (N-methyl/N-ethyl adjacent to an activating group) is 1. The van der Waals surface area contributed by atoms with Crippen LogP contribution in [0.2, 0.25) is 0 Å². The van der Waals surface area contributed by atoms with Crippen LogP contribution in [0, 0.1) is 6.92 Å². The second kappa shape index (κ2) is 5.70. The number of aromatic nitrogens is 2. The molecule has 6 nitrogen and oxygen atoms in total. The average molecular weight is 355 g/mol. The smallest absolute Gasteiger partial charge is 0.264 e. The Morgan fingerprint density at radius 2 is 2.20 bits per heavy atom. The highest BCUT2D eigenvalue weighted by Gasteiger charge is 2.25. The molecular formula is C18H17N3O3S. The minimum Gasteiger partial charge on any atom is -0.482 e. The Morgan fingerprint density at radius 3 is 2.92 bits per heavy atom. The minimum absolute atomic E-state index is 0.0434. The van der Waals surface area contributed by atoms with Crippen molar-refractivity contribution in [3.05, 3.63) is 34.5 Å². The molecule has 0 aliphatic carbocycles. The van der Waals surface area contributed by atoms with Gasteiger partial charge in [0, 0.05) is 23.2 Å². The third-order valence-corrected chi connectivity index (χ3v) is 5.57. The molecule has 1 amide bonds. The topological polar surface area (TPSA) is 63.9 Å². The van der Waals surface area contributed by atoms with Gasteiger partial charge in [0.2, 0.25) is 0 Å². The fourth-order valence-electron chi connectivity index (χ4n) is 3.24. The van der Waals surface area contributed by atoms with Crippen LogP contribution in [0.3, 0.4) is 0 Å². The summed E-state index contributed by atoms with van der Waals surface area (Å²) in [7, 11) is 1.72. The molecule has 1 aliphatic heterocycles. The van der Waals surface area contributed by atoms with Crippen LogP contribution in [0.25, 0.3) is 16.2 Å². The van der Waals surface area contributed by atoms with Gasteiger partial charge >= 0.3 is 0 Å². The predicted octanol–water partition coefficient (Wildman–Crippen LogP) is 3.10. The van der Waals surface area contributed by atoms with Crippen LogP contribution in [0.4, 0.5) is 5.69 Å². The largest absolute Gasteiger partial charge is 0.482 e. The summed E-state index contributed by atoms with van der Waals surface area (Å²) in [5, 5.41) is 0.